The van der Waals surface area contributed by atoms with Crippen molar-refractivity contribution in [3.8, 4) is 0 Å². The number of benzene rings is 2. The van der Waals surface area contributed by atoms with Crippen LogP contribution in [0.3, 0.4) is 0 Å². The molecule has 2 aromatic carbocycles. The van der Waals surface area contributed by atoms with Crippen LogP contribution in [0.4, 0.5) is 0 Å². The van der Waals surface area contributed by atoms with E-state index in [-0.39, 0.29) is 11.8 Å². The van der Waals surface area contributed by atoms with E-state index >= 15 is 0 Å². The van der Waals surface area contributed by atoms with Crippen molar-refractivity contribution < 1.29 is 9.59 Å². The number of carbonyl (C=O) groups excluding carboxylic acids is 2. The Kier molecular flexibility index (Phi) is 4.84. The van der Waals surface area contributed by atoms with E-state index < -0.39 is 0 Å². The van der Waals surface area contributed by atoms with Crippen LogP contribution in [0.15, 0.2) is 65.7 Å². The SMILES string of the molecule is CCN(CC)Cc1ccc(C2=C3C(=O)NC(c4ccccc4)=C3C(=O)N2)cc1. The van der Waals surface area contributed by atoms with Crippen molar-refractivity contribution in [2.45, 2.75) is 20.4 Å². The van der Waals surface area contributed by atoms with Gasteiger partial charge in [0.1, 0.15) is 0 Å². The van der Waals surface area contributed by atoms with Crippen molar-refractivity contribution in [1.29, 1.82) is 0 Å². The Labute approximate surface area is 164 Å². The molecular weight excluding hydrogens is 350 g/mol. The Hall–Kier alpha value is -3.18. The van der Waals surface area contributed by atoms with Gasteiger partial charge in [-0.1, -0.05) is 68.4 Å². The van der Waals surface area contributed by atoms with Crippen molar-refractivity contribution in [3.05, 3.63) is 82.4 Å². The molecule has 2 heterocycles. The van der Waals surface area contributed by atoms with Crippen molar-refractivity contribution in [2.24, 2.45) is 0 Å². The molecule has 0 saturated heterocycles. The zero-order chi connectivity index (χ0) is 19.7. The number of fused-ring (bicyclic) bond motifs is 1. The number of carbonyl (C=O) groups is 2. The summed E-state index contributed by atoms with van der Waals surface area (Å²) < 4.78 is 0. The van der Waals surface area contributed by atoms with E-state index in [0.717, 1.165) is 30.8 Å². The van der Waals surface area contributed by atoms with Crippen molar-refractivity contribution >= 4 is 23.2 Å². The first-order valence-electron chi connectivity index (χ1n) is 9.61. The van der Waals surface area contributed by atoms with Crippen molar-refractivity contribution in [1.82, 2.24) is 15.5 Å². The molecule has 4 rings (SSSR count). The molecule has 0 saturated carbocycles. The lowest BCUT2D eigenvalue weighted by atomic mass is 10.0. The van der Waals surface area contributed by atoms with Gasteiger partial charge in [0.2, 0.25) is 0 Å². The number of amides is 2. The van der Waals surface area contributed by atoms with Crippen LogP contribution in [0, 0.1) is 0 Å². The molecule has 0 spiro atoms. The quantitative estimate of drug-likeness (QED) is 0.818. The highest BCUT2D eigenvalue weighted by Gasteiger charge is 2.40. The highest BCUT2D eigenvalue weighted by molar-refractivity contribution is 6.30. The third-order valence-corrected chi connectivity index (χ3v) is 5.29. The van der Waals surface area contributed by atoms with E-state index in [4.69, 9.17) is 0 Å². The van der Waals surface area contributed by atoms with Crippen LogP contribution < -0.4 is 10.6 Å². The molecule has 2 aliphatic heterocycles. The summed E-state index contributed by atoms with van der Waals surface area (Å²) in [5.74, 6) is -0.483. The lowest BCUT2D eigenvalue weighted by Gasteiger charge is -2.18. The average molecular weight is 373 g/mol. The molecule has 2 amide bonds. The van der Waals surface area contributed by atoms with Gasteiger partial charge in [-0.2, -0.15) is 0 Å². The minimum absolute atomic E-state index is 0.241. The molecule has 2 aromatic rings. The number of nitrogens with zero attached hydrogens (tertiary/aromatic N) is 1. The maximum Gasteiger partial charge on any atom is 0.258 e. The lowest BCUT2D eigenvalue weighted by molar-refractivity contribution is -0.117. The van der Waals surface area contributed by atoms with Crippen molar-refractivity contribution in [3.63, 3.8) is 0 Å². The van der Waals surface area contributed by atoms with Gasteiger partial charge in [0.05, 0.1) is 22.5 Å². The fourth-order valence-electron chi connectivity index (χ4n) is 3.70. The second kappa shape index (κ2) is 7.44. The summed E-state index contributed by atoms with van der Waals surface area (Å²) in [4.78, 5) is 27.6. The van der Waals surface area contributed by atoms with Crippen LogP contribution in [0.2, 0.25) is 0 Å². The normalized spacial score (nSPS) is 16.0. The maximum atomic E-state index is 12.6. The lowest BCUT2D eigenvalue weighted by Crippen LogP contribution is -2.22. The van der Waals surface area contributed by atoms with Crippen LogP contribution in [-0.2, 0) is 16.1 Å². The van der Waals surface area contributed by atoms with Gasteiger partial charge in [0.15, 0.2) is 0 Å². The third kappa shape index (κ3) is 3.14. The summed E-state index contributed by atoms with van der Waals surface area (Å²) >= 11 is 0. The molecule has 0 aliphatic carbocycles. The van der Waals surface area contributed by atoms with E-state index in [1.54, 1.807) is 0 Å². The number of nitrogens with one attached hydrogen (secondary N) is 2. The molecule has 0 unspecified atom stereocenters. The van der Waals surface area contributed by atoms with Crippen molar-refractivity contribution in [2.75, 3.05) is 13.1 Å². The molecule has 0 atom stereocenters. The monoisotopic (exact) mass is 373 g/mol. The third-order valence-electron chi connectivity index (χ3n) is 5.29. The minimum Gasteiger partial charge on any atom is -0.321 e. The summed E-state index contributed by atoms with van der Waals surface area (Å²) in [6.07, 6.45) is 0. The largest absolute Gasteiger partial charge is 0.321 e. The van der Waals surface area contributed by atoms with Gasteiger partial charge >= 0.3 is 0 Å². The number of hydrogen-bond acceptors (Lipinski definition) is 3. The van der Waals surface area contributed by atoms with Gasteiger partial charge in [-0.25, -0.2) is 0 Å². The van der Waals surface area contributed by atoms with E-state index in [2.05, 4.69) is 41.5 Å². The molecule has 0 fully saturated rings. The van der Waals surface area contributed by atoms with E-state index in [0.29, 0.717) is 22.5 Å². The Morgan fingerprint density at radius 3 is 1.71 bits per heavy atom. The molecular formula is C23H23N3O2. The summed E-state index contributed by atoms with van der Waals surface area (Å²) in [6.45, 7) is 7.18. The first-order valence-corrected chi connectivity index (χ1v) is 9.61. The number of rotatable bonds is 6. The summed E-state index contributed by atoms with van der Waals surface area (Å²) in [6, 6.07) is 17.5. The first kappa shape index (κ1) is 18.2. The fourth-order valence-corrected chi connectivity index (χ4v) is 3.70. The Bertz CT molecular complexity index is 984. The van der Waals surface area contributed by atoms with Gasteiger partial charge in [0, 0.05) is 6.54 Å². The maximum absolute atomic E-state index is 12.6. The molecule has 2 aliphatic rings. The van der Waals surface area contributed by atoms with Crippen LogP contribution in [-0.4, -0.2) is 29.8 Å². The summed E-state index contributed by atoms with van der Waals surface area (Å²) in [7, 11) is 0. The molecule has 5 heteroatoms. The van der Waals surface area contributed by atoms with Gasteiger partial charge in [-0.15, -0.1) is 0 Å². The second-order valence-electron chi connectivity index (χ2n) is 6.93. The van der Waals surface area contributed by atoms with E-state index in [9.17, 15) is 9.59 Å². The van der Waals surface area contributed by atoms with Crippen LogP contribution >= 0.6 is 0 Å². The second-order valence-corrected chi connectivity index (χ2v) is 6.93. The fraction of sp³-hybridized carbons (Fsp3) is 0.217. The van der Waals surface area contributed by atoms with Crippen LogP contribution in [0.1, 0.15) is 30.5 Å². The molecule has 0 bridgehead atoms. The highest BCUT2D eigenvalue weighted by Crippen LogP contribution is 2.37. The van der Waals surface area contributed by atoms with E-state index in [1.807, 2.05) is 42.5 Å². The predicted octanol–water partition coefficient (Wildman–Crippen LogP) is 2.91. The minimum atomic E-state index is -0.241. The Morgan fingerprint density at radius 2 is 1.21 bits per heavy atom. The molecule has 5 nitrogen and oxygen atoms in total. The predicted molar refractivity (Wildman–Crippen MR) is 110 cm³/mol. The first-order chi connectivity index (χ1) is 13.6. The van der Waals surface area contributed by atoms with E-state index in [1.165, 1.54) is 5.56 Å². The molecule has 28 heavy (non-hydrogen) atoms. The topological polar surface area (TPSA) is 61.4 Å². The van der Waals surface area contributed by atoms with Crippen LogP contribution in [0.25, 0.3) is 11.4 Å². The van der Waals surface area contributed by atoms with Gasteiger partial charge in [0.25, 0.3) is 11.8 Å². The van der Waals surface area contributed by atoms with Gasteiger partial charge in [-0.3, -0.25) is 14.5 Å². The zero-order valence-electron chi connectivity index (χ0n) is 16.1. The molecule has 0 radical (unpaired) electrons. The summed E-state index contributed by atoms with van der Waals surface area (Å²) in [5.41, 5.74) is 4.89. The van der Waals surface area contributed by atoms with Crippen LogP contribution in [0.5, 0.6) is 0 Å². The standard InChI is InChI=1S/C23H23N3O2/c1-3-26(4-2)14-15-10-12-17(13-11-15)21-19-18(22(27)25-21)20(24-23(19)28)16-8-6-5-7-9-16/h5-13H,3-4,14H2,1-2H3,(H,24,28)(H,25,27). The summed E-state index contributed by atoms with van der Waals surface area (Å²) in [5, 5.41) is 5.77. The molecule has 0 aromatic heterocycles. The smallest absolute Gasteiger partial charge is 0.258 e. The average Bonchev–Trinajstić information content (AvgIpc) is 3.26. The van der Waals surface area contributed by atoms with Gasteiger partial charge in [-0.05, 0) is 29.8 Å². The number of hydrogen-bond donors (Lipinski definition) is 2. The molecule has 2 N–H and O–H groups in total. The highest BCUT2D eigenvalue weighted by atomic mass is 16.2. The zero-order valence-corrected chi connectivity index (χ0v) is 16.1. The van der Waals surface area contributed by atoms with Gasteiger partial charge < -0.3 is 10.6 Å². The Morgan fingerprint density at radius 1 is 0.714 bits per heavy atom. The Balaban J connectivity index is 1.70. The molecule has 142 valence electrons.